The van der Waals surface area contributed by atoms with Gasteiger partial charge in [0.25, 0.3) is 0 Å². The third-order valence-electron chi connectivity index (χ3n) is 7.24. The Labute approximate surface area is 212 Å². The molecule has 0 aliphatic carbocycles. The first-order chi connectivity index (χ1) is 17.0. The number of benzene rings is 2. The van der Waals surface area contributed by atoms with Crippen molar-refractivity contribution in [2.45, 2.75) is 51.9 Å². The molecule has 4 nitrogen and oxygen atoms in total. The summed E-state index contributed by atoms with van der Waals surface area (Å²) in [6.07, 6.45) is 6.04. The molecule has 0 unspecified atom stereocenters. The molecule has 1 fully saturated rings. The summed E-state index contributed by atoms with van der Waals surface area (Å²) in [5.74, 6) is 0.763. The van der Waals surface area contributed by atoms with Crippen LogP contribution < -0.4 is 4.90 Å². The molecule has 180 valence electrons. The number of hydrogen-bond donors (Lipinski definition) is 0. The number of carbonyl (C=O) groups excluding carboxylic acids is 1. The molecule has 0 amide bonds. The van der Waals surface area contributed by atoms with Crippen molar-refractivity contribution >= 4 is 28.7 Å². The zero-order valence-corrected chi connectivity index (χ0v) is 21.3. The van der Waals surface area contributed by atoms with Gasteiger partial charge in [0.2, 0.25) is 0 Å². The quantitative estimate of drug-likeness (QED) is 0.263. The smallest absolute Gasteiger partial charge is 0.181 e. The lowest BCUT2D eigenvalue weighted by Gasteiger charge is -2.34. The summed E-state index contributed by atoms with van der Waals surface area (Å²) < 4.78 is 1.84. The van der Waals surface area contributed by atoms with Gasteiger partial charge in [-0.2, -0.15) is 0 Å². The molecule has 0 spiro atoms. The van der Waals surface area contributed by atoms with Gasteiger partial charge in [-0.1, -0.05) is 60.5 Å². The number of hydrogen-bond acceptors (Lipinski definition) is 3. The van der Waals surface area contributed by atoms with E-state index in [9.17, 15) is 4.79 Å². The molecule has 35 heavy (non-hydrogen) atoms. The topological polar surface area (TPSA) is 37.6 Å². The minimum Gasteiger partial charge on any atom is -0.371 e. The van der Waals surface area contributed by atoms with E-state index in [0.717, 1.165) is 30.9 Å². The first-order valence-electron chi connectivity index (χ1n) is 12.6. The van der Waals surface area contributed by atoms with Gasteiger partial charge in [-0.05, 0) is 73.9 Å². The lowest BCUT2D eigenvalue weighted by Crippen LogP contribution is -2.32. The van der Waals surface area contributed by atoms with Crippen LogP contribution in [0.3, 0.4) is 0 Å². The predicted octanol–water partition coefficient (Wildman–Crippen LogP) is 7.06. The molecule has 0 radical (unpaired) electrons. The number of halogens is 1. The van der Waals surface area contributed by atoms with E-state index in [2.05, 4.69) is 65.3 Å². The van der Waals surface area contributed by atoms with Crippen molar-refractivity contribution in [2.24, 2.45) is 0 Å². The van der Waals surface area contributed by atoms with Gasteiger partial charge in [0.05, 0.1) is 10.7 Å². The highest BCUT2D eigenvalue weighted by atomic mass is 35.5. The number of aromatic nitrogens is 2. The van der Waals surface area contributed by atoms with Gasteiger partial charge in [-0.3, -0.25) is 9.20 Å². The van der Waals surface area contributed by atoms with Crippen LogP contribution in [-0.2, 0) is 12.8 Å². The fraction of sp³-hybridized carbons (Fsp3) is 0.333. The fourth-order valence-electron chi connectivity index (χ4n) is 5.17. The number of pyridine rings is 1. The van der Waals surface area contributed by atoms with Gasteiger partial charge in [0.1, 0.15) is 11.3 Å². The molecule has 2 aromatic heterocycles. The van der Waals surface area contributed by atoms with Crippen molar-refractivity contribution in [3.05, 3.63) is 100.0 Å². The fourth-order valence-corrected chi connectivity index (χ4v) is 5.33. The summed E-state index contributed by atoms with van der Waals surface area (Å²) in [4.78, 5) is 20.3. The summed E-state index contributed by atoms with van der Waals surface area (Å²) in [6.45, 7) is 6.33. The highest BCUT2D eigenvalue weighted by Crippen LogP contribution is 2.31. The van der Waals surface area contributed by atoms with Crippen molar-refractivity contribution in [3.63, 3.8) is 0 Å². The third kappa shape index (κ3) is 5.13. The Morgan fingerprint density at radius 1 is 1.00 bits per heavy atom. The van der Waals surface area contributed by atoms with E-state index in [0.29, 0.717) is 29.5 Å². The van der Waals surface area contributed by atoms with E-state index in [1.165, 1.54) is 35.2 Å². The first-order valence-corrected chi connectivity index (χ1v) is 13.0. The van der Waals surface area contributed by atoms with Crippen LogP contribution >= 0.6 is 11.6 Å². The molecule has 0 bridgehead atoms. The maximum absolute atomic E-state index is 13.2. The molecular formula is C30H32ClN3O. The van der Waals surface area contributed by atoms with E-state index >= 15 is 0 Å². The number of anilines is 1. The molecule has 5 rings (SSSR count). The van der Waals surface area contributed by atoms with Gasteiger partial charge >= 0.3 is 0 Å². The Morgan fingerprint density at radius 2 is 1.71 bits per heavy atom. The largest absolute Gasteiger partial charge is 0.371 e. The Balaban J connectivity index is 1.20. The number of ketones is 1. The van der Waals surface area contributed by atoms with Crippen molar-refractivity contribution in [3.8, 4) is 0 Å². The second-order valence-electron chi connectivity index (χ2n) is 9.60. The molecule has 4 aromatic rings. The minimum atomic E-state index is 0.110. The molecule has 3 heterocycles. The lowest BCUT2D eigenvalue weighted by atomic mass is 9.89. The van der Waals surface area contributed by atoms with E-state index in [1.54, 1.807) is 6.20 Å². The summed E-state index contributed by atoms with van der Waals surface area (Å²) in [6, 6.07) is 21.4. The van der Waals surface area contributed by atoms with Gasteiger partial charge in [0, 0.05) is 31.4 Å². The van der Waals surface area contributed by atoms with Crippen LogP contribution in [-0.4, -0.2) is 28.3 Å². The number of nitrogens with zero attached hydrogens (tertiary/aromatic N) is 3. The molecular weight excluding hydrogens is 454 g/mol. The molecule has 1 aliphatic rings. The van der Waals surface area contributed by atoms with E-state index in [1.807, 2.05) is 23.5 Å². The molecule has 1 saturated heterocycles. The van der Waals surface area contributed by atoms with Gasteiger partial charge in [0.15, 0.2) is 5.78 Å². The molecule has 2 aromatic carbocycles. The Morgan fingerprint density at radius 3 is 2.40 bits per heavy atom. The van der Waals surface area contributed by atoms with Crippen molar-refractivity contribution in [2.75, 3.05) is 18.0 Å². The highest BCUT2D eigenvalue weighted by molar-refractivity contribution is 6.30. The van der Waals surface area contributed by atoms with E-state index in [4.69, 9.17) is 11.6 Å². The monoisotopic (exact) mass is 485 g/mol. The molecule has 1 aliphatic heterocycles. The van der Waals surface area contributed by atoms with E-state index in [-0.39, 0.29) is 5.78 Å². The van der Waals surface area contributed by atoms with Gasteiger partial charge in [-0.15, -0.1) is 0 Å². The van der Waals surface area contributed by atoms with Crippen LogP contribution in [0.5, 0.6) is 0 Å². The number of imidazole rings is 1. The van der Waals surface area contributed by atoms with Crippen LogP contribution in [0.2, 0.25) is 5.02 Å². The summed E-state index contributed by atoms with van der Waals surface area (Å²) in [7, 11) is 0. The molecule has 0 N–H and O–H groups in total. The number of fused-ring (bicyclic) bond motifs is 1. The van der Waals surface area contributed by atoms with Crippen LogP contribution in [0, 0.1) is 6.92 Å². The number of aryl methyl sites for hydroxylation is 3. The summed E-state index contributed by atoms with van der Waals surface area (Å²) >= 11 is 6.18. The van der Waals surface area contributed by atoms with Crippen LogP contribution in [0.15, 0.2) is 66.9 Å². The van der Waals surface area contributed by atoms with Crippen LogP contribution in [0.4, 0.5) is 5.69 Å². The lowest BCUT2D eigenvalue weighted by molar-refractivity contribution is 0.0976. The Hall–Kier alpha value is -3.11. The average Bonchev–Trinajstić information content (AvgIpc) is 3.26. The number of rotatable bonds is 7. The second kappa shape index (κ2) is 10.2. The zero-order valence-electron chi connectivity index (χ0n) is 20.5. The number of carbonyl (C=O) groups is 1. The predicted molar refractivity (Wildman–Crippen MR) is 144 cm³/mol. The molecule has 0 saturated carbocycles. The van der Waals surface area contributed by atoms with Crippen molar-refractivity contribution < 1.29 is 4.79 Å². The van der Waals surface area contributed by atoms with Gasteiger partial charge < -0.3 is 4.90 Å². The molecule has 5 heteroatoms. The SMILES string of the molecule is CCc1nc2ccc(Cl)cn2c1C(=O)CCc1ccc(N2CCC(c3ccc(C)cc3)CC2)cc1. The third-order valence-corrected chi connectivity index (χ3v) is 7.46. The Kier molecular flexibility index (Phi) is 6.92. The maximum atomic E-state index is 13.2. The number of Topliss-reactive ketones (excluding diaryl/α,β-unsaturated/α-hetero) is 1. The minimum absolute atomic E-state index is 0.110. The standard InChI is InChI=1S/C30H32ClN3O/c1-3-27-30(34-20-25(31)11-15-29(34)32-27)28(35)14-8-22-6-12-26(13-7-22)33-18-16-24(17-19-33)23-9-4-21(2)5-10-23/h4-7,9-13,15,20,24H,3,8,14,16-19H2,1-2H3. The summed E-state index contributed by atoms with van der Waals surface area (Å²) in [5.41, 5.74) is 7.51. The van der Waals surface area contributed by atoms with Gasteiger partial charge in [-0.25, -0.2) is 4.98 Å². The Bertz CT molecular complexity index is 1320. The van der Waals surface area contributed by atoms with Crippen molar-refractivity contribution in [1.82, 2.24) is 9.38 Å². The van der Waals surface area contributed by atoms with Crippen LogP contribution in [0.25, 0.3) is 5.65 Å². The average molecular weight is 486 g/mol. The van der Waals surface area contributed by atoms with Crippen LogP contribution in [0.1, 0.15) is 65.0 Å². The molecule has 0 atom stereocenters. The second-order valence-corrected chi connectivity index (χ2v) is 10.0. The maximum Gasteiger partial charge on any atom is 0.181 e. The normalized spacial score (nSPS) is 14.5. The zero-order chi connectivity index (χ0) is 24.4. The highest BCUT2D eigenvalue weighted by Gasteiger charge is 2.21. The number of piperidine rings is 1. The first kappa shape index (κ1) is 23.6. The van der Waals surface area contributed by atoms with E-state index < -0.39 is 0 Å². The van der Waals surface area contributed by atoms with Crippen molar-refractivity contribution in [1.29, 1.82) is 0 Å². The summed E-state index contributed by atoms with van der Waals surface area (Å²) in [5, 5.41) is 0.602.